The normalized spacial score (nSPS) is 15.9. The smallest absolute Gasteiger partial charge is 0.208 e. The Morgan fingerprint density at radius 2 is 1.63 bits per heavy atom. The fourth-order valence-corrected chi connectivity index (χ4v) is 2.84. The first kappa shape index (κ1) is 12.3. The van der Waals surface area contributed by atoms with Crippen molar-refractivity contribution in [3.63, 3.8) is 0 Å². The van der Waals surface area contributed by atoms with Crippen LogP contribution in [0.5, 0.6) is 0 Å². The van der Waals surface area contributed by atoms with E-state index in [4.69, 9.17) is 0 Å². The van der Waals surface area contributed by atoms with Crippen LogP contribution in [0.15, 0.2) is 12.1 Å². The van der Waals surface area contributed by atoms with Crippen molar-refractivity contribution in [2.75, 3.05) is 36.0 Å². The number of aryl methyl sites for hydroxylation is 2. The highest BCUT2D eigenvalue weighted by molar-refractivity contribution is 7.15. The van der Waals surface area contributed by atoms with Gasteiger partial charge in [-0.15, -0.1) is 15.3 Å². The van der Waals surface area contributed by atoms with Crippen LogP contribution in [0.2, 0.25) is 0 Å². The number of nitrogens with zero attached hydrogens (tertiary/aromatic N) is 6. The SMILES string of the molecule is Cc1ccc(N2CCN(c3nnc(C)s3)CC2)nn1. The molecule has 0 saturated carbocycles. The van der Waals surface area contributed by atoms with Gasteiger partial charge in [0.2, 0.25) is 5.13 Å². The van der Waals surface area contributed by atoms with Crippen LogP contribution in [0.1, 0.15) is 10.7 Å². The number of hydrogen-bond donors (Lipinski definition) is 0. The molecule has 3 rings (SSSR count). The van der Waals surface area contributed by atoms with Gasteiger partial charge in [0.1, 0.15) is 5.01 Å². The Kier molecular flexibility index (Phi) is 3.29. The topological polar surface area (TPSA) is 58.0 Å². The van der Waals surface area contributed by atoms with Gasteiger partial charge in [-0.2, -0.15) is 5.10 Å². The molecule has 7 heteroatoms. The van der Waals surface area contributed by atoms with Crippen molar-refractivity contribution < 1.29 is 0 Å². The van der Waals surface area contributed by atoms with E-state index >= 15 is 0 Å². The molecule has 19 heavy (non-hydrogen) atoms. The maximum absolute atomic E-state index is 4.24. The van der Waals surface area contributed by atoms with Gasteiger partial charge in [-0.3, -0.25) is 0 Å². The van der Waals surface area contributed by atoms with Gasteiger partial charge in [-0.25, -0.2) is 0 Å². The van der Waals surface area contributed by atoms with Crippen LogP contribution in [-0.2, 0) is 0 Å². The Morgan fingerprint density at radius 3 is 2.21 bits per heavy atom. The molecule has 2 aromatic heterocycles. The minimum Gasteiger partial charge on any atom is -0.352 e. The first-order valence-electron chi connectivity index (χ1n) is 6.33. The number of rotatable bonds is 2. The van der Waals surface area contributed by atoms with E-state index in [-0.39, 0.29) is 0 Å². The quantitative estimate of drug-likeness (QED) is 0.823. The van der Waals surface area contributed by atoms with Crippen LogP contribution in [-0.4, -0.2) is 46.6 Å². The lowest BCUT2D eigenvalue weighted by molar-refractivity contribution is 0.639. The Bertz CT molecular complexity index is 544. The molecule has 0 spiro atoms. The second-order valence-corrected chi connectivity index (χ2v) is 5.77. The summed E-state index contributed by atoms with van der Waals surface area (Å²) in [5.74, 6) is 0.957. The van der Waals surface area contributed by atoms with Gasteiger partial charge in [-0.1, -0.05) is 11.3 Å². The summed E-state index contributed by atoms with van der Waals surface area (Å²) in [5.41, 5.74) is 0.951. The molecule has 1 aliphatic rings. The van der Waals surface area contributed by atoms with Gasteiger partial charge >= 0.3 is 0 Å². The molecule has 6 nitrogen and oxygen atoms in total. The summed E-state index contributed by atoms with van der Waals surface area (Å²) in [5, 5.41) is 18.6. The van der Waals surface area contributed by atoms with Crippen molar-refractivity contribution in [1.82, 2.24) is 20.4 Å². The van der Waals surface area contributed by atoms with Crippen LogP contribution in [0.4, 0.5) is 10.9 Å². The molecule has 3 heterocycles. The van der Waals surface area contributed by atoms with Crippen molar-refractivity contribution in [2.24, 2.45) is 0 Å². The first-order valence-corrected chi connectivity index (χ1v) is 7.14. The highest BCUT2D eigenvalue weighted by Crippen LogP contribution is 2.22. The summed E-state index contributed by atoms with van der Waals surface area (Å²) in [4.78, 5) is 4.54. The van der Waals surface area contributed by atoms with Crippen molar-refractivity contribution in [3.05, 3.63) is 22.8 Å². The molecule has 0 bridgehead atoms. The molecular formula is C12H16N6S. The fourth-order valence-electron chi connectivity index (χ4n) is 2.10. The van der Waals surface area contributed by atoms with Crippen LogP contribution < -0.4 is 9.80 Å². The van der Waals surface area contributed by atoms with Crippen LogP contribution in [0.25, 0.3) is 0 Å². The monoisotopic (exact) mass is 276 g/mol. The average Bonchev–Trinajstić information content (AvgIpc) is 2.87. The van der Waals surface area contributed by atoms with E-state index in [0.717, 1.165) is 47.8 Å². The number of piperazine rings is 1. The third kappa shape index (κ3) is 2.65. The summed E-state index contributed by atoms with van der Waals surface area (Å²) in [6.45, 7) is 7.72. The molecule has 0 radical (unpaired) electrons. The van der Waals surface area contributed by atoms with Gasteiger partial charge in [0.25, 0.3) is 0 Å². The average molecular weight is 276 g/mol. The molecular weight excluding hydrogens is 260 g/mol. The molecule has 1 fully saturated rings. The molecule has 100 valence electrons. The molecule has 0 atom stereocenters. The first-order chi connectivity index (χ1) is 9.22. The zero-order valence-electron chi connectivity index (χ0n) is 11.1. The zero-order valence-corrected chi connectivity index (χ0v) is 11.9. The summed E-state index contributed by atoms with van der Waals surface area (Å²) in [6, 6.07) is 4.04. The Morgan fingerprint density at radius 1 is 0.895 bits per heavy atom. The van der Waals surface area contributed by atoms with Crippen molar-refractivity contribution in [1.29, 1.82) is 0 Å². The standard InChI is InChI=1S/C12H16N6S/c1-9-3-4-11(15-13-9)17-5-7-18(8-6-17)12-16-14-10(2)19-12/h3-4H,5-8H2,1-2H3. The predicted molar refractivity (Wildman–Crippen MR) is 75.8 cm³/mol. The van der Waals surface area contributed by atoms with E-state index in [1.54, 1.807) is 11.3 Å². The third-order valence-corrected chi connectivity index (χ3v) is 4.07. The predicted octanol–water partition coefficient (Wildman–Crippen LogP) is 1.27. The molecule has 0 aliphatic carbocycles. The van der Waals surface area contributed by atoms with E-state index in [1.807, 2.05) is 26.0 Å². The van der Waals surface area contributed by atoms with Gasteiger partial charge in [0, 0.05) is 26.2 Å². The second-order valence-electron chi connectivity index (χ2n) is 4.61. The van der Waals surface area contributed by atoms with Crippen molar-refractivity contribution in [2.45, 2.75) is 13.8 Å². The summed E-state index contributed by atoms with van der Waals surface area (Å²) < 4.78 is 0. The minimum absolute atomic E-state index is 0.941. The Balaban J connectivity index is 1.64. The lowest BCUT2D eigenvalue weighted by Crippen LogP contribution is -2.46. The van der Waals surface area contributed by atoms with E-state index in [2.05, 4.69) is 30.2 Å². The van der Waals surface area contributed by atoms with Crippen LogP contribution in [0, 0.1) is 13.8 Å². The lowest BCUT2D eigenvalue weighted by Gasteiger charge is -2.34. The number of anilines is 2. The highest BCUT2D eigenvalue weighted by Gasteiger charge is 2.20. The largest absolute Gasteiger partial charge is 0.352 e. The fraction of sp³-hybridized carbons (Fsp3) is 0.500. The maximum atomic E-state index is 4.24. The molecule has 0 unspecified atom stereocenters. The number of aromatic nitrogens is 4. The van der Waals surface area contributed by atoms with Crippen LogP contribution in [0.3, 0.4) is 0 Å². The molecule has 0 N–H and O–H groups in total. The van der Waals surface area contributed by atoms with Gasteiger partial charge in [-0.05, 0) is 26.0 Å². The van der Waals surface area contributed by atoms with E-state index in [1.165, 1.54) is 0 Å². The summed E-state index contributed by atoms with van der Waals surface area (Å²) >= 11 is 1.65. The highest BCUT2D eigenvalue weighted by atomic mass is 32.1. The number of hydrogen-bond acceptors (Lipinski definition) is 7. The zero-order chi connectivity index (χ0) is 13.2. The van der Waals surface area contributed by atoms with Gasteiger partial charge < -0.3 is 9.80 Å². The molecule has 0 aromatic carbocycles. The third-order valence-electron chi connectivity index (χ3n) is 3.17. The van der Waals surface area contributed by atoms with Crippen LogP contribution >= 0.6 is 11.3 Å². The van der Waals surface area contributed by atoms with E-state index in [9.17, 15) is 0 Å². The van der Waals surface area contributed by atoms with Gasteiger partial charge in [0.05, 0.1) is 5.69 Å². The molecule has 0 amide bonds. The second kappa shape index (κ2) is 5.08. The Labute approximate surface area is 116 Å². The summed E-state index contributed by atoms with van der Waals surface area (Å²) in [6.07, 6.45) is 0. The Hall–Kier alpha value is -1.76. The molecule has 2 aromatic rings. The maximum Gasteiger partial charge on any atom is 0.208 e. The van der Waals surface area contributed by atoms with Crippen molar-refractivity contribution >= 4 is 22.3 Å². The van der Waals surface area contributed by atoms with E-state index in [0.29, 0.717) is 0 Å². The van der Waals surface area contributed by atoms with E-state index < -0.39 is 0 Å². The lowest BCUT2D eigenvalue weighted by atomic mass is 10.3. The van der Waals surface area contributed by atoms with Crippen molar-refractivity contribution in [3.8, 4) is 0 Å². The molecule has 1 aliphatic heterocycles. The minimum atomic E-state index is 0.941. The van der Waals surface area contributed by atoms with Gasteiger partial charge in [0.15, 0.2) is 5.82 Å². The molecule has 1 saturated heterocycles. The summed E-state index contributed by atoms with van der Waals surface area (Å²) in [7, 11) is 0.